The number of rotatable bonds is 6. The van der Waals surface area contributed by atoms with E-state index in [4.69, 9.17) is 21.3 Å². The topological polar surface area (TPSA) is 56.3 Å². The molecule has 0 saturated carbocycles. The number of nitrogens with zero attached hydrogens (tertiary/aromatic N) is 1. The summed E-state index contributed by atoms with van der Waals surface area (Å²) < 4.78 is 5.99. The number of ketones is 1. The molecule has 0 bridgehead atoms. The zero-order valence-electron chi connectivity index (χ0n) is 20.4. The van der Waals surface area contributed by atoms with Gasteiger partial charge < -0.3 is 4.74 Å². The Labute approximate surface area is 220 Å². The standard InChI is InChI=1S/C32H24ClNO3/c1-20-16-17-23(18-21(20)2)30(35)31(22-10-4-3-5-11-22)37-32(36)26-19-29(25-13-6-8-14-27(25)33)34-28-15-9-7-12-24(26)28/h3-19,31H,1-2H3/t31-/m0/s1. The van der Waals surface area contributed by atoms with Gasteiger partial charge in [-0.2, -0.15) is 0 Å². The first kappa shape index (κ1) is 24.4. The number of aromatic nitrogens is 1. The van der Waals surface area contributed by atoms with Crippen LogP contribution in [0.2, 0.25) is 5.02 Å². The average Bonchev–Trinajstić information content (AvgIpc) is 2.93. The maximum Gasteiger partial charge on any atom is 0.339 e. The number of pyridine rings is 1. The number of benzene rings is 4. The second kappa shape index (κ2) is 10.4. The minimum atomic E-state index is -1.11. The Hall–Kier alpha value is -4.28. The van der Waals surface area contributed by atoms with E-state index in [0.717, 1.165) is 11.1 Å². The fourth-order valence-electron chi connectivity index (χ4n) is 4.27. The van der Waals surface area contributed by atoms with E-state index in [1.807, 2.05) is 86.6 Å². The molecule has 182 valence electrons. The summed E-state index contributed by atoms with van der Waals surface area (Å²) in [5.74, 6) is -0.898. The molecule has 37 heavy (non-hydrogen) atoms. The molecule has 0 saturated heterocycles. The molecule has 1 aromatic heterocycles. The van der Waals surface area contributed by atoms with Gasteiger partial charge in [-0.25, -0.2) is 9.78 Å². The Morgan fingerprint density at radius 3 is 2.24 bits per heavy atom. The summed E-state index contributed by atoms with van der Waals surface area (Å²) in [5, 5.41) is 1.16. The van der Waals surface area contributed by atoms with E-state index in [1.165, 1.54) is 0 Å². The highest BCUT2D eigenvalue weighted by Crippen LogP contribution is 2.32. The van der Waals surface area contributed by atoms with Crippen molar-refractivity contribution in [3.63, 3.8) is 0 Å². The number of Topliss-reactive ketones (excluding diaryl/α,β-unsaturated/α-hetero) is 1. The third kappa shape index (κ3) is 5.02. The van der Waals surface area contributed by atoms with Crippen molar-refractivity contribution in [2.45, 2.75) is 20.0 Å². The van der Waals surface area contributed by atoms with E-state index in [1.54, 1.807) is 30.3 Å². The first-order valence-corrected chi connectivity index (χ1v) is 12.3. The number of ether oxygens (including phenoxy) is 1. The first-order chi connectivity index (χ1) is 17.9. The first-order valence-electron chi connectivity index (χ1n) is 11.9. The lowest BCUT2D eigenvalue weighted by Crippen LogP contribution is -2.21. The van der Waals surface area contributed by atoms with Crippen molar-refractivity contribution in [3.05, 3.63) is 136 Å². The summed E-state index contributed by atoms with van der Waals surface area (Å²) in [4.78, 5) is 32.1. The third-order valence-electron chi connectivity index (χ3n) is 6.44. The van der Waals surface area contributed by atoms with E-state index >= 15 is 0 Å². The molecule has 0 aliphatic carbocycles. The van der Waals surface area contributed by atoms with Crippen LogP contribution in [0.25, 0.3) is 22.2 Å². The molecule has 4 nitrogen and oxygen atoms in total. The van der Waals surface area contributed by atoms with Gasteiger partial charge in [0.05, 0.1) is 16.8 Å². The summed E-state index contributed by atoms with van der Waals surface area (Å²) >= 11 is 6.44. The average molecular weight is 506 g/mol. The monoisotopic (exact) mass is 505 g/mol. The van der Waals surface area contributed by atoms with E-state index in [2.05, 4.69) is 0 Å². The van der Waals surface area contributed by atoms with Crippen LogP contribution >= 0.6 is 11.6 Å². The van der Waals surface area contributed by atoms with Gasteiger partial charge >= 0.3 is 5.97 Å². The number of aryl methyl sites for hydroxylation is 2. The second-order valence-electron chi connectivity index (χ2n) is 8.91. The van der Waals surface area contributed by atoms with Gasteiger partial charge in [0.1, 0.15) is 0 Å². The minimum Gasteiger partial charge on any atom is -0.445 e. The van der Waals surface area contributed by atoms with Crippen LogP contribution < -0.4 is 0 Å². The van der Waals surface area contributed by atoms with E-state index in [-0.39, 0.29) is 5.78 Å². The van der Waals surface area contributed by atoms with Gasteiger partial charge in [-0.05, 0) is 49.2 Å². The van der Waals surface area contributed by atoms with Gasteiger partial charge in [0, 0.05) is 27.1 Å². The lowest BCUT2D eigenvalue weighted by Gasteiger charge is -2.19. The molecule has 0 aliphatic rings. The molecule has 0 N–H and O–H groups in total. The van der Waals surface area contributed by atoms with Crippen LogP contribution in [0, 0.1) is 13.8 Å². The lowest BCUT2D eigenvalue weighted by molar-refractivity contribution is 0.0282. The SMILES string of the molecule is Cc1ccc(C(=O)[C@@H](OC(=O)c2cc(-c3ccccc3Cl)nc3ccccc23)c2ccccc2)cc1C. The summed E-state index contributed by atoms with van der Waals surface area (Å²) in [6.45, 7) is 3.94. The van der Waals surface area contributed by atoms with Gasteiger partial charge in [-0.3, -0.25) is 4.79 Å². The predicted octanol–water partition coefficient (Wildman–Crippen LogP) is 7.95. The Bertz CT molecular complexity index is 1630. The van der Waals surface area contributed by atoms with Gasteiger partial charge in [0.15, 0.2) is 6.10 Å². The largest absolute Gasteiger partial charge is 0.445 e. The van der Waals surface area contributed by atoms with Crippen LogP contribution in [0.15, 0.2) is 103 Å². The molecule has 0 spiro atoms. The van der Waals surface area contributed by atoms with Gasteiger partial charge in [-0.15, -0.1) is 0 Å². The van der Waals surface area contributed by atoms with Crippen LogP contribution in [-0.2, 0) is 4.74 Å². The van der Waals surface area contributed by atoms with Crippen molar-refractivity contribution in [1.29, 1.82) is 0 Å². The van der Waals surface area contributed by atoms with Gasteiger partial charge in [-0.1, -0.05) is 90.5 Å². The van der Waals surface area contributed by atoms with Crippen LogP contribution in [0.4, 0.5) is 0 Å². The number of carbonyl (C=O) groups excluding carboxylic acids is 2. The van der Waals surface area contributed by atoms with Crippen molar-refractivity contribution in [2.24, 2.45) is 0 Å². The third-order valence-corrected chi connectivity index (χ3v) is 6.77. The molecular formula is C32H24ClNO3. The molecule has 5 heteroatoms. The maximum atomic E-state index is 13.7. The molecule has 0 fully saturated rings. The molecular weight excluding hydrogens is 482 g/mol. The molecule has 4 aromatic carbocycles. The maximum absolute atomic E-state index is 13.7. The number of fused-ring (bicyclic) bond motifs is 1. The highest BCUT2D eigenvalue weighted by Gasteiger charge is 2.28. The van der Waals surface area contributed by atoms with Crippen LogP contribution in [0.3, 0.4) is 0 Å². The molecule has 5 aromatic rings. The number of halogens is 1. The zero-order chi connectivity index (χ0) is 25.9. The highest BCUT2D eigenvalue weighted by atomic mass is 35.5. The summed E-state index contributed by atoms with van der Waals surface area (Å²) in [7, 11) is 0. The van der Waals surface area contributed by atoms with Crippen LogP contribution in [-0.4, -0.2) is 16.7 Å². The van der Waals surface area contributed by atoms with E-state index in [9.17, 15) is 9.59 Å². The summed E-state index contributed by atoms with van der Waals surface area (Å²) in [6.07, 6.45) is -1.11. The Morgan fingerprint density at radius 1 is 0.784 bits per heavy atom. The fraction of sp³-hybridized carbons (Fsp3) is 0.0938. The minimum absolute atomic E-state index is 0.285. The Kier molecular flexibility index (Phi) is 6.85. The van der Waals surface area contributed by atoms with Gasteiger partial charge in [0.25, 0.3) is 0 Å². The van der Waals surface area contributed by atoms with E-state index < -0.39 is 12.1 Å². The number of esters is 1. The second-order valence-corrected chi connectivity index (χ2v) is 9.32. The molecule has 0 amide bonds. The fourth-order valence-corrected chi connectivity index (χ4v) is 4.50. The number of hydrogen-bond acceptors (Lipinski definition) is 4. The van der Waals surface area contributed by atoms with Crippen LogP contribution in [0.1, 0.15) is 43.5 Å². The van der Waals surface area contributed by atoms with Crippen LogP contribution in [0.5, 0.6) is 0 Å². The van der Waals surface area contributed by atoms with E-state index in [0.29, 0.717) is 43.9 Å². The van der Waals surface area contributed by atoms with Crippen molar-refractivity contribution < 1.29 is 14.3 Å². The smallest absolute Gasteiger partial charge is 0.339 e. The molecule has 5 rings (SSSR count). The number of carbonyl (C=O) groups is 2. The highest BCUT2D eigenvalue weighted by molar-refractivity contribution is 6.33. The zero-order valence-corrected chi connectivity index (χ0v) is 21.2. The quantitative estimate of drug-likeness (QED) is 0.173. The molecule has 0 unspecified atom stereocenters. The summed E-state index contributed by atoms with van der Waals surface area (Å²) in [6, 6.07) is 30.9. The molecule has 0 radical (unpaired) electrons. The number of hydrogen-bond donors (Lipinski definition) is 0. The molecule has 1 atom stereocenters. The van der Waals surface area contributed by atoms with Crippen molar-refractivity contribution in [1.82, 2.24) is 4.98 Å². The normalized spacial score (nSPS) is 11.8. The molecule has 1 heterocycles. The Morgan fingerprint density at radius 2 is 1.49 bits per heavy atom. The van der Waals surface area contributed by atoms with Crippen molar-refractivity contribution in [2.75, 3.05) is 0 Å². The summed E-state index contributed by atoms with van der Waals surface area (Å²) in [5.41, 5.74) is 5.36. The van der Waals surface area contributed by atoms with Crippen molar-refractivity contribution >= 4 is 34.3 Å². The van der Waals surface area contributed by atoms with Gasteiger partial charge in [0.2, 0.25) is 5.78 Å². The van der Waals surface area contributed by atoms with Crippen molar-refractivity contribution in [3.8, 4) is 11.3 Å². The molecule has 0 aliphatic heterocycles. The predicted molar refractivity (Wildman–Crippen MR) is 147 cm³/mol. The number of para-hydroxylation sites is 1. The Balaban J connectivity index is 1.59. The lowest BCUT2D eigenvalue weighted by atomic mass is 9.97.